The first-order chi connectivity index (χ1) is 11.5. The van der Waals surface area contributed by atoms with Crippen LogP contribution < -0.4 is 0 Å². The summed E-state index contributed by atoms with van der Waals surface area (Å²) in [6, 6.07) is 4.45. The summed E-state index contributed by atoms with van der Waals surface area (Å²) < 4.78 is 32.7. The van der Waals surface area contributed by atoms with Crippen molar-refractivity contribution >= 4 is 33.2 Å². The second-order valence-electron chi connectivity index (χ2n) is 6.27. The van der Waals surface area contributed by atoms with E-state index in [1.54, 1.807) is 0 Å². The van der Waals surface area contributed by atoms with Crippen molar-refractivity contribution in [3.63, 3.8) is 0 Å². The van der Waals surface area contributed by atoms with Crippen molar-refractivity contribution in [2.45, 2.75) is 30.3 Å². The quantitative estimate of drug-likeness (QED) is 0.790. The number of hydrogen-bond acceptors (Lipinski definition) is 4. The Labute approximate surface area is 153 Å². The molecule has 1 aromatic carbocycles. The molecule has 8 heteroatoms. The standard InChI is InChI=1S/C16H22Cl2N2O3S/c17-15-5-4-14(11-16(15)18)24(21,22)20-8-6-19(7-9-20)12-13-3-1-2-10-23-13/h4-5,11,13H,1-3,6-10,12H2/t13-/m0/s1. The van der Waals surface area contributed by atoms with Crippen LogP contribution in [0.3, 0.4) is 0 Å². The van der Waals surface area contributed by atoms with Gasteiger partial charge in [-0.3, -0.25) is 4.90 Å². The predicted molar refractivity (Wildman–Crippen MR) is 95.3 cm³/mol. The van der Waals surface area contributed by atoms with Crippen LogP contribution in [0.1, 0.15) is 19.3 Å². The van der Waals surface area contributed by atoms with E-state index in [4.69, 9.17) is 27.9 Å². The highest BCUT2D eigenvalue weighted by molar-refractivity contribution is 7.89. The number of hydrogen-bond donors (Lipinski definition) is 0. The minimum atomic E-state index is -3.53. The molecular weight excluding hydrogens is 371 g/mol. The number of ether oxygens (including phenoxy) is 1. The van der Waals surface area contributed by atoms with E-state index in [0.717, 1.165) is 39.1 Å². The third-order valence-corrected chi connectivity index (χ3v) is 7.23. The third-order valence-electron chi connectivity index (χ3n) is 4.60. The molecule has 2 aliphatic heterocycles. The largest absolute Gasteiger partial charge is 0.377 e. The fraction of sp³-hybridized carbons (Fsp3) is 0.625. The average Bonchev–Trinajstić information content (AvgIpc) is 2.58. The Morgan fingerprint density at radius 1 is 1.08 bits per heavy atom. The van der Waals surface area contributed by atoms with Gasteiger partial charge in [0.2, 0.25) is 10.0 Å². The molecule has 0 unspecified atom stereocenters. The van der Waals surface area contributed by atoms with Crippen molar-refractivity contribution in [1.29, 1.82) is 0 Å². The number of halogens is 2. The molecule has 2 heterocycles. The monoisotopic (exact) mass is 392 g/mol. The van der Waals surface area contributed by atoms with E-state index in [0.29, 0.717) is 18.1 Å². The molecule has 134 valence electrons. The molecule has 0 bridgehead atoms. The molecule has 0 amide bonds. The molecular formula is C16H22Cl2N2O3S. The molecule has 2 aliphatic rings. The highest BCUT2D eigenvalue weighted by atomic mass is 35.5. The first kappa shape index (κ1) is 18.4. The molecule has 2 saturated heterocycles. The van der Waals surface area contributed by atoms with Gasteiger partial charge in [0.15, 0.2) is 0 Å². The Balaban J connectivity index is 1.59. The molecule has 0 radical (unpaired) electrons. The van der Waals surface area contributed by atoms with Crippen LogP contribution in [-0.2, 0) is 14.8 Å². The Hall–Kier alpha value is -0.370. The zero-order valence-corrected chi connectivity index (χ0v) is 15.8. The summed E-state index contributed by atoms with van der Waals surface area (Å²) in [5.74, 6) is 0. The molecule has 2 fully saturated rings. The molecule has 3 rings (SSSR count). The summed E-state index contributed by atoms with van der Waals surface area (Å²) in [5, 5.41) is 0.610. The van der Waals surface area contributed by atoms with Crippen molar-refractivity contribution in [1.82, 2.24) is 9.21 Å². The fourth-order valence-electron chi connectivity index (χ4n) is 3.18. The number of piperazine rings is 1. The number of benzene rings is 1. The zero-order chi connectivity index (χ0) is 17.2. The third kappa shape index (κ3) is 4.23. The van der Waals surface area contributed by atoms with Gasteiger partial charge in [0, 0.05) is 39.3 Å². The first-order valence-corrected chi connectivity index (χ1v) is 10.5. The van der Waals surface area contributed by atoms with Gasteiger partial charge in [-0.05, 0) is 37.5 Å². The van der Waals surface area contributed by atoms with Gasteiger partial charge >= 0.3 is 0 Å². The van der Waals surface area contributed by atoms with Gasteiger partial charge in [-0.2, -0.15) is 4.31 Å². The molecule has 0 N–H and O–H groups in total. The van der Waals surface area contributed by atoms with Crippen LogP contribution in [0.5, 0.6) is 0 Å². The molecule has 0 saturated carbocycles. The lowest BCUT2D eigenvalue weighted by Gasteiger charge is -2.36. The molecule has 0 aromatic heterocycles. The van der Waals surface area contributed by atoms with E-state index >= 15 is 0 Å². The molecule has 1 atom stereocenters. The summed E-state index contributed by atoms with van der Waals surface area (Å²) >= 11 is 11.8. The predicted octanol–water partition coefficient (Wildman–Crippen LogP) is 2.87. The molecule has 0 spiro atoms. The number of rotatable bonds is 4. The maximum Gasteiger partial charge on any atom is 0.243 e. The van der Waals surface area contributed by atoms with Gasteiger partial charge in [0.05, 0.1) is 21.0 Å². The second-order valence-corrected chi connectivity index (χ2v) is 9.02. The Bertz CT molecular complexity index is 670. The van der Waals surface area contributed by atoms with Crippen LogP contribution in [0.4, 0.5) is 0 Å². The Morgan fingerprint density at radius 2 is 1.83 bits per heavy atom. The van der Waals surface area contributed by atoms with Crippen LogP contribution in [0.25, 0.3) is 0 Å². The molecule has 24 heavy (non-hydrogen) atoms. The van der Waals surface area contributed by atoms with Crippen molar-refractivity contribution in [3.8, 4) is 0 Å². The van der Waals surface area contributed by atoms with Crippen molar-refractivity contribution < 1.29 is 13.2 Å². The summed E-state index contributed by atoms with van der Waals surface area (Å²) in [6.45, 7) is 4.14. The van der Waals surface area contributed by atoms with E-state index in [1.165, 1.54) is 28.9 Å². The highest BCUT2D eigenvalue weighted by Gasteiger charge is 2.30. The van der Waals surface area contributed by atoms with E-state index in [2.05, 4.69) is 4.90 Å². The maximum atomic E-state index is 12.7. The lowest BCUT2D eigenvalue weighted by atomic mass is 10.1. The van der Waals surface area contributed by atoms with Crippen LogP contribution >= 0.6 is 23.2 Å². The topological polar surface area (TPSA) is 49.9 Å². The summed E-state index contributed by atoms with van der Waals surface area (Å²) in [6.07, 6.45) is 3.75. The lowest BCUT2D eigenvalue weighted by Crippen LogP contribution is -2.50. The SMILES string of the molecule is O=S(=O)(c1ccc(Cl)c(Cl)c1)N1CCN(C[C@@H]2CCCCO2)CC1. The molecule has 5 nitrogen and oxygen atoms in total. The maximum absolute atomic E-state index is 12.7. The van der Waals surface area contributed by atoms with Crippen LogP contribution in [0.2, 0.25) is 10.0 Å². The summed E-state index contributed by atoms with van der Waals surface area (Å²) in [4.78, 5) is 2.48. The van der Waals surface area contributed by atoms with Crippen LogP contribution in [-0.4, -0.2) is 63.1 Å². The summed E-state index contributed by atoms with van der Waals surface area (Å²) in [5.41, 5.74) is 0. The van der Waals surface area contributed by atoms with Crippen molar-refractivity contribution in [2.75, 3.05) is 39.3 Å². The van der Waals surface area contributed by atoms with Gasteiger partial charge < -0.3 is 4.74 Å². The van der Waals surface area contributed by atoms with Gasteiger partial charge in [0.1, 0.15) is 0 Å². The van der Waals surface area contributed by atoms with E-state index in [9.17, 15) is 8.42 Å². The van der Waals surface area contributed by atoms with Gasteiger partial charge in [-0.25, -0.2) is 8.42 Å². The van der Waals surface area contributed by atoms with Crippen LogP contribution in [0, 0.1) is 0 Å². The smallest absolute Gasteiger partial charge is 0.243 e. The van der Waals surface area contributed by atoms with E-state index in [1.807, 2.05) is 0 Å². The molecule has 1 aromatic rings. The zero-order valence-electron chi connectivity index (χ0n) is 13.5. The van der Waals surface area contributed by atoms with Crippen molar-refractivity contribution in [3.05, 3.63) is 28.2 Å². The van der Waals surface area contributed by atoms with Crippen LogP contribution in [0.15, 0.2) is 23.1 Å². The number of sulfonamides is 1. The highest BCUT2D eigenvalue weighted by Crippen LogP contribution is 2.27. The first-order valence-electron chi connectivity index (χ1n) is 8.26. The minimum Gasteiger partial charge on any atom is -0.377 e. The normalized spacial score (nSPS) is 24.2. The van der Waals surface area contributed by atoms with E-state index in [-0.39, 0.29) is 16.0 Å². The minimum absolute atomic E-state index is 0.195. The van der Waals surface area contributed by atoms with Crippen molar-refractivity contribution in [2.24, 2.45) is 0 Å². The second kappa shape index (κ2) is 7.89. The van der Waals surface area contributed by atoms with E-state index < -0.39 is 10.0 Å². The van der Waals surface area contributed by atoms with Gasteiger partial charge in [0.25, 0.3) is 0 Å². The summed E-state index contributed by atoms with van der Waals surface area (Å²) in [7, 11) is -3.53. The Morgan fingerprint density at radius 3 is 2.46 bits per heavy atom. The van der Waals surface area contributed by atoms with Gasteiger partial charge in [-0.1, -0.05) is 23.2 Å². The molecule has 0 aliphatic carbocycles. The lowest BCUT2D eigenvalue weighted by molar-refractivity contribution is -0.0103. The van der Waals surface area contributed by atoms with Gasteiger partial charge in [-0.15, -0.1) is 0 Å². The number of nitrogens with zero attached hydrogens (tertiary/aromatic N) is 2. The fourth-order valence-corrected chi connectivity index (χ4v) is 4.99. The average molecular weight is 393 g/mol. The Kier molecular flexibility index (Phi) is 6.06.